The zero-order chi connectivity index (χ0) is 20.1. The van der Waals surface area contributed by atoms with Gasteiger partial charge < -0.3 is 19.9 Å². The van der Waals surface area contributed by atoms with E-state index in [2.05, 4.69) is 34.7 Å². The summed E-state index contributed by atoms with van der Waals surface area (Å²) in [5.41, 5.74) is 2.03. The number of ether oxygens (including phenoxy) is 1. The number of fused-ring (bicyclic) bond motifs is 1. The van der Waals surface area contributed by atoms with Crippen molar-refractivity contribution in [3.8, 4) is 0 Å². The van der Waals surface area contributed by atoms with E-state index >= 15 is 0 Å². The predicted molar refractivity (Wildman–Crippen MR) is 110 cm³/mol. The molecule has 2 N–H and O–H groups in total. The maximum atomic E-state index is 12.5. The number of rotatable bonds is 5. The van der Waals surface area contributed by atoms with Crippen LogP contribution in [-0.2, 0) is 9.53 Å². The highest BCUT2D eigenvalue weighted by Crippen LogP contribution is 2.33. The summed E-state index contributed by atoms with van der Waals surface area (Å²) < 4.78 is 5.19. The van der Waals surface area contributed by atoms with Crippen LogP contribution in [0.4, 0.5) is 4.79 Å². The first-order valence-electron chi connectivity index (χ1n) is 10.1. The number of aromatic amines is 1. The van der Waals surface area contributed by atoms with Gasteiger partial charge in [-0.25, -0.2) is 4.79 Å². The van der Waals surface area contributed by atoms with Gasteiger partial charge in [0.1, 0.15) is 5.60 Å². The fraction of sp³-hybridized carbons (Fsp3) is 0.545. The van der Waals surface area contributed by atoms with Crippen LogP contribution in [0.15, 0.2) is 30.5 Å². The number of H-pyrrole nitrogens is 1. The molecule has 2 aromatic rings. The van der Waals surface area contributed by atoms with E-state index in [-0.39, 0.29) is 5.91 Å². The second-order valence-electron chi connectivity index (χ2n) is 8.48. The summed E-state index contributed by atoms with van der Waals surface area (Å²) in [5, 5.41) is 4.00. The Morgan fingerprint density at radius 2 is 1.93 bits per heavy atom. The van der Waals surface area contributed by atoms with Gasteiger partial charge in [-0.15, -0.1) is 0 Å². The summed E-state index contributed by atoms with van der Waals surface area (Å²) in [6.07, 6.45) is 4.75. The fourth-order valence-electron chi connectivity index (χ4n) is 3.77. The number of aromatic nitrogens is 1. The molecule has 3 rings (SSSR count). The molecule has 0 atom stereocenters. The Labute approximate surface area is 166 Å². The Morgan fingerprint density at radius 1 is 1.21 bits per heavy atom. The van der Waals surface area contributed by atoms with Crippen LogP contribution >= 0.6 is 0 Å². The molecule has 0 bridgehead atoms. The smallest absolute Gasteiger partial charge is 0.407 e. The predicted octanol–water partition coefficient (Wildman–Crippen LogP) is 4.18. The number of para-hydroxylation sites is 1. The number of piperidine rings is 1. The van der Waals surface area contributed by atoms with E-state index in [9.17, 15) is 9.59 Å². The molecule has 0 spiro atoms. The van der Waals surface area contributed by atoms with Crippen molar-refractivity contribution < 1.29 is 14.3 Å². The summed E-state index contributed by atoms with van der Waals surface area (Å²) in [7, 11) is 0. The summed E-state index contributed by atoms with van der Waals surface area (Å²) in [6.45, 7) is 7.53. The van der Waals surface area contributed by atoms with E-state index in [1.165, 1.54) is 16.5 Å². The summed E-state index contributed by atoms with van der Waals surface area (Å²) in [5.74, 6) is 0.664. The Morgan fingerprint density at radius 3 is 2.64 bits per heavy atom. The zero-order valence-corrected chi connectivity index (χ0v) is 17.1. The monoisotopic (exact) mass is 385 g/mol. The van der Waals surface area contributed by atoms with Crippen LogP contribution in [-0.4, -0.2) is 47.1 Å². The molecule has 1 aliphatic heterocycles. The highest BCUT2D eigenvalue weighted by atomic mass is 16.6. The highest BCUT2D eigenvalue weighted by Gasteiger charge is 2.25. The molecule has 1 fully saturated rings. The number of carbonyl (C=O) groups is 2. The number of benzene rings is 1. The van der Waals surface area contributed by atoms with Crippen LogP contribution in [0.3, 0.4) is 0 Å². The summed E-state index contributed by atoms with van der Waals surface area (Å²) in [6, 6.07) is 8.38. The van der Waals surface area contributed by atoms with Crippen molar-refractivity contribution in [2.24, 2.45) is 0 Å². The SMILES string of the molecule is CC(C)(C)OC(=O)NCCCC(=O)N1CCC(c2c[nH]c3ccccc23)CC1. The number of nitrogens with one attached hydrogen (secondary N) is 2. The third kappa shape index (κ3) is 5.27. The van der Waals surface area contributed by atoms with Crippen molar-refractivity contribution in [2.75, 3.05) is 19.6 Å². The van der Waals surface area contributed by atoms with Gasteiger partial charge in [0.05, 0.1) is 0 Å². The first-order valence-corrected chi connectivity index (χ1v) is 10.1. The quantitative estimate of drug-likeness (QED) is 0.758. The van der Waals surface area contributed by atoms with Gasteiger partial charge in [-0.2, -0.15) is 0 Å². The highest BCUT2D eigenvalue weighted by molar-refractivity contribution is 5.83. The number of nitrogens with zero attached hydrogens (tertiary/aromatic N) is 1. The molecule has 6 nitrogen and oxygen atoms in total. The number of alkyl carbamates (subject to hydrolysis) is 1. The lowest BCUT2D eigenvalue weighted by Crippen LogP contribution is -2.38. The van der Waals surface area contributed by atoms with E-state index in [0.717, 1.165) is 25.9 Å². The number of hydrogen-bond acceptors (Lipinski definition) is 3. The third-order valence-electron chi connectivity index (χ3n) is 5.14. The molecule has 2 amide bonds. The average molecular weight is 386 g/mol. The van der Waals surface area contributed by atoms with Crippen molar-refractivity contribution in [2.45, 2.75) is 58.0 Å². The number of amides is 2. The van der Waals surface area contributed by atoms with Crippen molar-refractivity contribution in [1.82, 2.24) is 15.2 Å². The minimum absolute atomic E-state index is 0.170. The Kier molecular flexibility index (Phi) is 6.27. The molecule has 0 saturated carbocycles. The molecule has 0 unspecified atom stereocenters. The lowest BCUT2D eigenvalue weighted by Gasteiger charge is -2.32. The largest absolute Gasteiger partial charge is 0.444 e. The van der Waals surface area contributed by atoms with E-state index in [1.807, 2.05) is 31.7 Å². The molecule has 152 valence electrons. The van der Waals surface area contributed by atoms with Gasteiger partial charge in [0.25, 0.3) is 0 Å². The van der Waals surface area contributed by atoms with Gasteiger partial charge in [-0.05, 0) is 57.6 Å². The molecule has 28 heavy (non-hydrogen) atoms. The zero-order valence-electron chi connectivity index (χ0n) is 17.1. The standard InChI is InChI=1S/C22H31N3O3/c1-22(2,3)28-21(27)23-12-6-9-20(26)25-13-10-16(11-14-25)18-15-24-19-8-5-4-7-17(18)19/h4-5,7-8,15-16,24H,6,9-14H2,1-3H3,(H,23,27). The van der Waals surface area contributed by atoms with Crippen LogP contribution in [0.25, 0.3) is 10.9 Å². The average Bonchev–Trinajstić information content (AvgIpc) is 3.08. The lowest BCUT2D eigenvalue weighted by atomic mass is 9.89. The van der Waals surface area contributed by atoms with Gasteiger partial charge in [-0.1, -0.05) is 18.2 Å². The Hall–Kier alpha value is -2.50. The molecule has 2 heterocycles. The number of hydrogen-bond donors (Lipinski definition) is 2. The molecule has 1 aromatic carbocycles. The van der Waals surface area contributed by atoms with E-state index in [4.69, 9.17) is 4.74 Å². The van der Waals surface area contributed by atoms with Crippen LogP contribution in [0.5, 0.6) is 0 Å². The van der Waals surface area contributed by atoms with Crippen LogP contribution in [0.1, 0.15) is 57.9 Å². The van der Waals surface area contributed by atoms with Gasteiger partial charge in [0.2, 0.25) is 5.91 Å². The second kappa shape index (κ2) is 8.67. The molecular weight excluding hydrogens is 354 g/mol. The Bertz CT molecular complexity index is 814. The Balaban J connectivity index is 1.40. The first kappa shape index (κ1) is 20.2. The van der Waals surface area contributed by atoms with Crippen molar-refractivity contribution in [3.05, 3.63) is 36.0 Å². The molecule has 6 heteroatoms. The van der Waals surface area contributed by atoms with Crippen molar-refractivity contribution >= 4 is 22.9 Å². The van der Waals surface area contributed by atoms with Gasteiger partial charge in [0.15, 0.2) is 0 Å². The molecule has 0 radical (unpaired) electrons. The minimum atomic E-state index is -0.505. The normalized spacial score (nSPS) is 15.6. The van der Waals surface area contributed by atoms with Gasteiger partial charge >= 0.3 is 6.09 Å². The van der Waals surface area contributed by atoms with Crippen LogP contribution in [0.2, 0.25) is 0 Å². The fourth-order valence-corrected chi connectivity index (χ4v) is 3.77. The minimum Gasteiger partial charge on any atom is -0.444 e. The molecule has 0 aliphatic carbocycles. The van der Waals surface area contributed by atoms with E-state index in [1.54, 1.807) is 0 Å². The lowest BCUT2D eigenvalue weighted by molar-refractivity contribution is -0.132. The first-order chi connectivity index (χ1) is 13.3. The van der Waals surface area contributed by atoms with E-state index in [0.29, 0.717) is 25.3 Å². The van der Waals surface area contributed by atoms with Gasteiger partial charge in [0, 0.05) is 43.2 Å². The topological polar surface area (TPSA) is 74.4 Å². The molecule has 1 saturated heterocycles. The van der Waals surface area contributed by atoms with E-state index < -0.39 is 11.7 Å². The molecular formula is C22H31N3O3. The maximum Gasteiger partial charge on any atom is 0.407 e. The van der Waals surface area contributed by atoms with Crippen LogP contribution < -0.4 is 5.32 Å². The maximum absolute atomic E-state index is 12.5. The summed E-state index contributed by atoms with van der Waals surface area (Å²) in [4.78, 5) is 29.4. The third-order valence-corrected chi connectivity index (χ3v) is 5.14. The van der Waals surface area contributed by atoms with Crippen LogP contribution in [0, 0.1) is 0 Å². The molecule has 1 aromatic heterocycles. The number of likely N-dealkylation sites (tertiary alicyclic amines) is 1. The molecule has 1 aliphatic rings. The number of carbonyl (C=O) groups excluding carboxylic acids is 2. The van der Waals surface area contributed by atoms with Crippen molar-refractivity contribution in [1.29, 1.82) is 0 Å². The second-order valence-corrected chi connectivity index (χ2v) is 8.48. The van der Waals surface area contributed by atoms with Crippen molar-refractivity contribution in [3.63, 3.8) is 0 Å². The summed E-state index contributed by atoms with van der Waals surface area (Å²) >= 11 is 0. The van der Waals surface area contributed by atoms with Gasteiger partial charge in [-0.3, -0.25) is 4.79 Å².